The highest BCUT2D eigenvalue weighted by Crippen LogP contribution is 2.26. The van der Waals surface area contributed by atoms with Gasteiger partial charge in [0.2, 0.25) is 5.91 Å². The molecule has 0 atom stereocenters. The molecule has 0 bridgehead atoms. The number of amides is 1. The highest BCUT2D eigenvalue weighted by molar-refractivity contribution is 5.99. The quantitative estimate of drug-likeness (QED) is 0.548. The van der Waals surface area contributed by atoms with E-state index in [4.69, 9.17) is 0 Å². The van der Waals surface area contributed by atoms with Crippen molar-refractivity contribution in [3.05, 3.63) is 72.8 Å². The predicted octanol–water partition coefficient (Wildman–Crippen LogP) is 4.47. The number of carbonyl (C=O) groups excluding carboxylic acids is 1. The van der Waals surface area contributed by atoms with E-state index >= 15 is 0 Å². The molecule has 4 aromatic rings. The third kappa shape index (κ3) is 2.48. The fourth-order valence-electron chi connectivity index (χ4n) is 2.80. The average Bonchev–Trinajstić information content (AvgIpc) is 2.61. The Labute approximate surface area is 139 Å². The van der Waals surface area contributed by atoms with Crippen LogP contribution in [-0.4, -0.2) is 15.9 Å². The predicted molar refractivity (Wildman–Crippen MR) is 96.3 cm³/mol. The number of fused-ring (bicyclic) bond motifs is 2. The minimum atomic E-state index is -0.124. The molecule has 0 saturated carbocycles. The molecule has 2 aromatic heterocycles. The van der Waals surface area contributed by atoms with Crippen LogP contribution in [0.3, 0.4) is 0 Å². The molecule has 0 radical (unpaired) electrons. The van der Waals surface area contributed by atoms with Crippen LogP contribution in [0.15, 0.2) is 72.8 Å². The maximum absolute atomic E-state index is 12.3. The molecule has 0 aliphatic rings. The van der Waals surface area contributed by atoms with Gasteiger partial charge in [-0.3, -0.25) is 4.79 Å². The Kier molecular flexibility index (Phi) is 3.43. The molecule has 0 saturated heterocycles. The van der Waals surface area contributed by atoms with Gasteiger partial charge in [0.1, 0.15) is 11.6 Å². The summed E-state index contributed by atoms with van der Waals surface area (Å²) in [5, 5.41) is 2.08. The van der Waals surface area contributed by atoms with E-state index in [9.17, 15) is 4.79 Å². The number of carbonyl (C=O) groups is 1. The van der Waals surface area contributed by atoms with E-state index < -0.39 is 0 Å². The Hall–Kier alpha value is -3.27. The molecule has 0 aliphatic heterocycles. The van der Waals surface area contributed by atoms with Gasteiger partial charge in [-0.25, -0.2) is 14.9 Å². The van der Waals surface area contributed by atoms with Crippen LogP contribution < -0.4 is 4.90 Å². The van der Waals surface area contributed by atoms with Crippen molar-refractivity contribution >= 4 is 39.3 Å². The van der Waals surface area contributed by atoms with Crippen molar-refractivity contribution in [3.63, 3.8) is 0 Å². The Morgan fingerprint density at radius 3 is 1.62 bits per heavy atom. The summed E-state index contributed by atoms with van der Waals surface area (Å²) >= 11 is 0. The van der Waals surface area contributed by atoms with Gasteiger partial charge in [-0.2, -0.15) is 0 Å². The lowest BCUT2D eigenvalue weighted by atomic mass is 10.2. The SMILES string of the molecule is CC(=O)N(c1ccc2ccccc2n1)c1ccc2ccccc2n1. The zero-order valence-electron chi connectivity index (χ0n) is 13.2. The molecule has 4 rings (SSSR count). The molecule has 2 heterocycles. The lowest BCUT2D eigenvalue weighted by molar-refractivity contribution is -0.115. The number of para-hydroxylation sites is 2. The van der Waals surface area contributed by atoms with E-state index in [0.29, 0.717) is 11.6 Å². The van der Waals surface area contributed by atoms with Gasteiger partial charge in [0.25, 0.3) is 0 Å². The Morgan fingerprint density at radius 1 is 0.708 bits per heavy atom. The largest absolute Gasteiger partial charge is 0.274 e. The van der Waals surface area contributed by atoms with Crippen LogP contribution in [0, 0.1) is 0 Å². The van der Waals surface area contributed by atoms with E-state index in [1.165, 1.54) is 6.92 Å². The second kappa shape index (κ2) is 5.74. The number of pyridine rings is 2. The summed E-state index contributed by atoms with van der Waals surface area (Å²) in [7, 11) is 0. The first kappa shape index (κ1) is 14.3. The Balaban J connectivity index is 1.86. The molecule has 116 valence electrons. The van der Waals surface area contributed by atoms with Gasteiger partial charge in [-0.1, -0.05) is 36.4 Å². The molecule has 4 heteroatoms. The minimum absolute atomic E-state index is 0.124. The highest BCUT2D eigenvalue weighted by atomic mass is 16.2. The standard InChI is InChI=1S/C20H15N3O/c1-14(24)23(19-12-10-15-6-2-4-8-17(15)21-19)20-13-11-16-7-3-5-9-18(16)22-20/h2-13H,1H3. The molecule has 0 unspecified atom stereocenters. The number of hydrogen-bond acceptors (Lipinski definition) is 3. The minimum Gasteiger partial charge on any atom is -0.274 e. The van der Waals surface area contributed by atoms with Crippen molar-refractivity contribution in [1.82, 2.24) is 9.97 Å². The third-order valence-corrected chi connectivity index (χ3v) is 3.94. The first-order chi connectivity index (χ1) is 11.7. The van der Waals surface area contributed by atoms with Gasteiger partial charge in [0.15, 0.2) is 0 Å². The first-order valence-electron chi connectivity index (χ1n) is 7.75. The fourth-order valence-corrected chi connectivity index (χ4v) is 2.80. The van der Waals surface area contributed by atoms with Crippen molar-refractivity contribution in [1.29, 1.82) is 0 Å². The first-order valence-corrected chi connectivity index (χ1v) is 7.75. The van der Waals surface area contributed by atoms with E-state index in [2.05, 4.69) is 9.97 Å². The molecule has 4 nitrogen and oxygen atoms in total. The summed E-state index contributed by atoms with van der Waals surface area (Å²) in [5.74, 6) is 1.02. The van der Waals surface area contributed by atoms with Crippen LogP contribution in [0.2, 0.25) is 0 Å². The van der Waals surface area contributed by atoms with Crippen LogP contribution in [0.1, 0.15) is 6.92 Å². The zero-order chi connectivity index (χ0) is 16.5. The van der Waals surface area contributed by atoms with Crippen LogP contribution in [0.25, 0.3) is 21.8 Å². The summed E-state index contributed by atoms with van der Waals surface area (Å²) in [6, 6.07) is 23.3. The lowest BCUT2D eigenvalue weighted by Gasteiger charge is -2.19. The smallest absolute Gasteiger partial charge is 0.230 e. The topological polar surface area (TPSA) is 46.1 Å². The van der Waals surface area contributed by atoms with Gasteiger partial charge >= 0.3 is 0 Å². The zero-order valence-corrected chi connectivity index (χ0v) is 13.2. The van der Waals surface area contributed by atoms with Gasteiger partial charge < -0.3 is 0 Å². The molecular formula is C20H15N3O. The van der Waals surface area contributed by atoms with Gasteiger partial charge in [0, 0.05) is 17.7 Å². The van der Waals surface area contributed by atoms with Crippen LogP contribution in [0.4, 0.5) is 11.6 Å². The summed E-state index contributed by atoms with van der Waals surface area (Å²) < 4.78 is 0. The van der Waals surface area contributed by atoms with Crippen molar-refractivity contribution < 1.29 is 4.79 Å². The summed E-state index contributed by atoms with van der Waals surface area (Å²) in [5.41, 5.74) is 1.70. The van der Waals surface area contributed by atoms with E-state index in [1.807, 2.05) is 72.8 Å². The van der Waals surface area contributed by atoms with E-state index in [0.717, 1.165) is 21.8 Å². The maximum atomic E-state index is 12.3. The van der Waals surface area contributed by atoms with Gasteiger partial charge in [-0.05, 0) is 36.4 Å². The number of rotatable bonds is 2. The summed E-state index contributed by atoms with van der Waals surface area (Å²) in [6.45, 7) is 1.52. The van der Waals surface area contributed by atoms with Crippen molar-refractivity contribution in [3.8, 4) is 0 Å². The number of hydrogen-bond donors (Lipinski definition) is 0. The average molecular weight is 313 g/mol. The summed E-state index contributed by atoms with van der Waals surface area (Å²) in [6.07, 6.45) is 0. The molecule has 1 amide bonds. The second-order valence-electron chi connectivity index (χ2n) is 5.58. The molecule has 0 aliphatic carbocycles. The molecule has 2 aromatic carbocycles. The van der Waals surface area contributed by atoms with Gasteiger partial charge in [-0.15, -0.1) is 0 Å². The van der Waals surface area contributed by atoms with Crippen molar-refractivity contribution in [2.24, 2.45) is 0 Å². The van der Waals surface area contributed by atoms with Crippen LogP contribution in [0.5, 0.6) is 0 Å². The Bertz CT molecular complexity index is 979. The molecule has 0 spiro atoms. The van der Waals surface area contributed by atoms with Crippen LogP contribution in [-0.2, 0) is 4.79 Å². The van der Waals surface area contributed by atoms with Crippen LogP contribution >= 0.6 is 0 Å². The normalized spacial score (nSPS) is 10.9. The number of aromatic nitrogens is 2. The van der Waals surface area contributed by atoms with Gasteiger partial charge in [0.05, 0.1) is 11.0 Å². The van der Waals surface area contributed by atoms with Crippen molar-refractivity contribution in [2.75, 3.05) is 4.90 Å². The molecule has 24 heavy (non-hydrogen) atoms. The number of nitrogens with zero attached hydrogens (tertiary/aromatic N) is 3. The molecule has 0 fully saturated rings. The summed E-state index contributed by atoms with van der Waals surface area (Å²) in [4.78, 5) is 23.0. The number of anilines is 2. The van der Waals surface area contributed by atoms with E-state index in [1.54, 1.807) is 4.90 Å². The van der Waals surface area contributed by atoms with E-state index in [-0.39, 0.29) is 5.91 Å². The molecule has 0 N–H and O–H groups in total. The van der Waals surface area contributed by atoms with Crippen molar-refractivity contribution in [2.45, 2.75) is 6.92 Å². The molecular weight excluding hydrogens is 298 g/mol. The third-order valence-electron chi connectivity index (χ3n) is 3.94. The Morgan fingerprint density at radius 2 is 1.17 bits per heavy atom. The number of benzene rings is 2. The monoisotopic (exact) mass is 313 g/mol. The lowest BCUT2D eigenvalue weighted by Crippen LogP contribution is -2.24. The second-order valence-corrected chi connectivity index (χ2v) is 5.58. The maximum Gasteiger partial charge on any atom is 0.230 e. The highest BCUT2D eigenvalue weighted by Gasteiger charge is 2.17. The fraction of sp³-hybridized carbons (Fsp3) is 0.0500.